The second-order valence-corrected chi connectivity index (χ2v) is 7.07. The van der Waals surface area contributed by atoms with Gasteiger partial charge in [0.1, 0.15) is 6.23 Å². The molecule has 0 fully saturated rings. The Morgan fingerprint density at radius 1 is 1.45 bits per heavy atom. The van der Waals surface area contributed by atoms with Crippen LogP contribution in [0.4, 0.5) is 0 Å². The minimum atomic E-state index is -1.71. The molecule has 0 aromatic carbocycles. The summed E-state index contributed by atoms with van der Waals surface area (Å²) in [7, 11) is -1.71. The normalized spacial score (nSPS) is 11.3. The first kappa shape index (κ1) is 10.6. The molecule has 0 spiro atoms. The van der Waals surface area contributed by atoms with Crippen LogP contribution in [0.5, 0.6) is 0 Å². The Labute approximate surface area is 68.8 Å². The third-order valence-electron chi connectivity index (χ3n) is 1.16. The predicted molar refractivity (Wildman–Crippen MR) is 45.7 cm³/mol. The molecule has 0 N–H and O–H groups in total. The average Bonchev–Trinajstić information content (AvgIpc) is 1.84. The third kappa shape index (κ3) is 6.06. The van der Waals surface area contributed by atoms with E-state index in [-0.39, 0.29) is 5.97 Å². The summed E-state index contributed by atoms with van der Waals surface area (Å²) in [6, 6.07) is 0. The SMILES string of the molecule is CCO[Si](C)(C)COC(C)=O. The van der Waals surface area contributed by atoms with Gasteiger partial charge in [-0.15, -0.1) is 0 Å². The Morgan fingerprint density at radius 3 is 2.36 bits per heavy atom. The van der Waals surface area contributed by atoms with E-state index in [1.165, 1.54) is 6.92 Å². The van der Waals surface area contributed by atoms with Gasteiger partial charge in [0.15, 0.2) is 0 Å². The van der Waals surface area contributed by atoms with Crippen molar-refractivity contribution >= 4 is 14.3 Å². The minimum Gasteiger partial charge on any atom is -0.467 e. The number of carbonyl (C=O) groups is 1. The Hall–Kier alpha value is -0.353. The summed E-state index contributed by atoms with van der Waals surface area (Å²) >= 11 is 0. The van der Waals surface area contributed by atoms with Crippen LogP contribution in [0.2, 0.25) is 13.1 Å². The molecule has 0 bridgehead atoms. The monoisotopic (exact) mass is 176 g/mol. The van der Waals surface area contributed by atoms with Crippen LogP contribution in [-0.2, 0) is 14.0 Å². The fourth-order valence-corrected chi connectivity index (χ4v) is 2.12. The molecule has 0 aromatic rings. The van der Waals surface area contributed by atoms with E-state index in [0.717, 1.165) is 0 Å². The molecule has 0 aliphatic carbocycles. The van der Waals surface area contributed by atoms with Crippen molar-refractivity contribution in [2.45, 2.75) is 26.9 Å². The summed E-state index contributed by atoms with van der Waals surface area (Å²) < 4.78 is 10.3. The Bertz CT molecular complexity index is 134. The van der Waals surface area contributed by atoms with Crippen LogP contribution in [0.1, 0.15) is 13.8 Å². The number of rotatable bonds is 4. The lowest BCUT2D eigenvalue weighted by Gasteiger charge is -2.20. The van der Waals surface area contributed by atoms with E-state index >= 15 is 0 Å². The van der Waals surface area contributed by atoms with Gasteiger partial charge in [0.25, 0.3) is 0 Å². The van der Waals surface area contributed by atoms with Gasteiger partial charge in [-0.1, -0.05) is 0 Å². The minimum absolute atomic E-state index is 0.231. The van der Waals surface area contributed by atoms with Gasteiger partial charge in [-0.2, -0.15) is 0 Å². The number of esters is 1. The van der Waals surface area contributed by atoms with E-state index in [9.17, 15) is 4.79 Å². The summed E-state index contributed by atoms with van der Waals surface area (Å²) in [5.41, 5.74) is 0. The summed E-state index contributed by atoms with van der Waals surface area (Å²) in [4.78, 5) is 10.4. The molecule has 66 valence electrons. The maximum atomic E-state index is 10.4. The van der Waals surface area contributed by atoms with Crippen molar-refractivity contribution in [3.05, 3.63) is 0 Å². The molecule has 3 nitrogen and oxygen atoms in total. The molecule has 0 radical (unpaired) electrons. The van der Waals surface area contributed by atoms with Crippen LogP contribution in [0.25, 0.3) is 0 Å². The smallest absolute Gasteiger partial charge is 0.302 e. The van der Waals surface area contributed by atoms with Gasteiger partial charge in [-0.25, -0.2) is 0 Å². The number of ether oxygens (including phenoxy) is 1. The van der Waals surface area contributed by atoms with Crippen molar-refractivity contribution in [2.75, 3.05) is 12.8 Å². The Morgan fingerprint density at radius 2 is 2.00 bits per heavy atom. The van der Waals surface area contributed by atoms with Gasteiger partial charge in [0.05, 0.1) is 0 Å². The van der Waals surface area contributed by atoms with Crippen LogP contribution in [0.15, 0.2) is 0 Å². The topological polar surface area (TPSA) is 35.5 Å². The molecule has 0 aliphatic heterocycles. The number of hydrogen-bond donors (Lipinski definition) is 0. The molecule has 0 aromatic heterocycles. The molecule has 11 heavy (non-hydrogen) atoms. The Kier molecular flexibility index (Phi) is 4.36. The summed E-state index contributed by atoms with van der Waals surface area (Å²) in [5.74, 6) is -0.231. The van der Waals surface area contributed by atoms with E-state index in [1.807, 2.05) is 20.0 Å². The van der Waals surface area contributed by atoms with Crippen molar-refractivity contribution in [3.8, 4) is 0 Å². The molecule has 0 atom stereocenters. The zero-order chi connectivity index (χ0) is 8.91. The van der Waals surface area contributed by atoms with Crippen LogP contribution in [-0.4, -0.2) is 27.1 Å². The lowest BCUT2D eigenvalue weighted by molar-refractivity contribution is -0.139. The first-order chi connectivity index (χ1) is 4.98. The van der Waals surface area contributed by atoms with Gasteiger partial charge in [-0.3, -0.25) is 4.79 Å². The van der Waals surface area contributed by atoms with E-state index in [0.29, 0.717) is 12.8 Å². The van der Waals surface area contributed by atoms with Crippen molar-refractivity contribution in [3.63, 3.8) is 0 Å². The van der Waals surface area contributed by atoms with Gasteiger partial charge in [0.2, 0.25) is 8.32 Å². The largest absolute Gasteiger partial charge is 0.467 e. The molecule has 0 aliphatic rings. The fraction of sp³-hybridized carbons (Fsp3) is 0.857. The molecular weight excluding hydrogens is 160 g/mol. The predicted octanol–water partition coefficient (Wildman–Crippen LogP) is 1.33. The molecule has 4 heteroatoms. The fourth-order valence-electron chi connectivity index (χ4n) is 0.708. The first-order valence-corrected chi connectivity index (χ1v) is 6.87. The zero-order valence-electron chi connectivity index (χ0n) is 7.64. The third-order valence-corrected chi connectivity index (χ3v) is 3.07. The number of carbonyl (C=O) groups excluding carboxylic acids is 1. The van der Waals surface area contributed by atoms with Gasteiger partial charge < -0.3 is 9.16 Å². The molecular formula is C7H16O3Si. The van der Waals surface area contributed by atoms with Gasteiger partial charge in [0, 0.05) is 13.5 Å². The molecule has 0 unspecified atom stereocenters. The molecule has 0 heterocycles. The van der Waals surface area contributed by atoms with Crippen LogP contribution in [0, 0.1) is 0 Å². The standard InChI is InChI=1S/C7H16O3Si/c1-5-10-11(3,4)6-9-7(2)8/h5-6H2,1-4H3. The van der Waals surface area contributed by atoms with E-state index in [2.05, 4.69) is 0 Å². The summed E-state index contributed by atoms with van der Waals surface area (Å²) in [6.45, 7) is 8.11. The second-order valence-electron chi connectivity index (χ2n) is 2.97. The van der Waals surface area contributed by atoms with E-state index in [1.54, 1.807) is 0 Å². The van der Waals surface area contributed by atoms with Gasteiger partial charge in [-0.05, 0) is 20.0 Å². The average molecular weight is 176 g/mol. The van der Waals surface area contributed by atoms with E-state index < -0.39 is 8.32 Å². The highest BCUT2D eigenvalue weighted by Gasteiger charge is 2.23. The maximum absolute atomic E-state index is 10.4. The summed E-state index contributed by atoms with van der Waals surface area (Å²) in [6.07, 6.45) is 0.455. The zero-order valence-corrected chi connectivity index (χ0v) is 8.64. The van der Waals surface area contributed by atoms with Crippen LogP contribution < -0.4 is 0 Å². The van der Waals surface area contributed by atoms with Crippen LogP contribution in [0.3, 0.4) is 0 Å². The molecule has 0 saturated heterocycles. The first-order valence-electron chi connectivity index (χ1n) is 3.75. The van der Waals surface area contributed by atoms with Crippen molar-refractivity contribution in [1.82, 2.24) is 0 Å². The second kappa shape index (κ2) is 4.51. The maximum Gasteiger partial charge on any atom is 0.302 e. The Balaban J connectivity index is 3.63. The van der Waals surface area contributed by atoms with Crippen LogP contribution >= 0.6 is 0 Å². The van der Waals surface area contributed by atoms with Crippen molar-refractivity contribution in [2.24, 2.45) is 0 Å². The lowest BCUT2D eigenvalue weighted by Crippen LogP contribution is -2.37. The highest BCUT2D eigenvalue weighted by molar-refractivity contribution is 6.71. The lowest BCUT2D eigenvalue weighted by atomic mass is 10.8. The van der Waals surface area contributed by atoms with E-state index in [4.69, 9.17) is 9.16 Å². The van der Waals surface area contributed by atoms with Crippen molar-refractivity contribution in [1.29, 1.82) is 0 Å². The number of hydrogen-bond acceptors (Lipinski definition) is 3. The molecule has 0 amide bonds. The quantitative estimate of drug-likeness (QED) is 0.479. The van der Waals surface area contributed by atoms with Gasteiger partial charge >= 0.3 is 5.97 Å². The molecule has 0 saturated carbocycles. The molecule has 0 rings (SSSR count). The summed E-state index contributed by atoms with van der Waals surface area (Å²) in [5, 5.41) is 0. The van der Waals surface area contributed by atoms with Crippen molar-refractivity contribution < 1.29 is 14.0 Å². The highest BCUT2D eigenvalue weighted by atomic mass is 28.4. The highest BCUT2D eigenvalue weighted by Crippen LogP contribution is 2.04.